The molecule has 0 rings (SSSR count). The van der Waals surface area contributed by atoms with E-state index in [9.17, 15) is 15.0 Å². The first kappa shape index (κ1) is 40.4. The quantitative estimate of drug-likeness (QED) is 0.0558. The maximum Gasteiger partial charge on any atom is 0.220 e. The second kappa shape index (κ2) is 33.8. The van der Waals surface area contributed by atoms with Crippen LogP contribution < -0.4 is 5.32 Å². The van der Waals surface area contributed by atoms with E-state index in [-0.39, 0.29) is 12.5 Å². The summed E-state index contributed by atoms with van der Waals surface area (Å²) in [5, 5.41) is 22.8. The Hall–Kier alpha value is -1.65. The maximum absolute atomic E-state index is 12.2. The number of nitrogens with one attached hydrogen (secondary N) is 1. The summed E-state index contributed by atoms with van der Waals surface area (Å²) < 4.78 is 0. The number of unbranched alkanes of at least 4 members (excludes halogenated alkanes) is 18. The predicted molar refractivity (Wildman–Crippen MR) is 184 cm³/mol. The van der Waals surface area contributed by atoms with E-state index in [4.69, 9.17) is 0 Å². The number of rotatable bonds is 31. The van der Waals surface area contributed by atoms with Crippen molar-refractivity contribution in [3.8, 4) is 0 Å². The Kier molecular flexibility index (Phi) is 32.5. The fraction of sp³-hybridized carbons (Fsp3) is 0.763. The molecule has 1 amide bonds. The van der Waals surface area contributed by atoms with Gasteiger partial charge >= 0.3 is 0 Å². The summed E-state index contributed by atoms with van der Waals surface area (Å²) in [6, 6.07) is -0.648. The Morgan fingerprint density at radius 2 is 0.952 bits per heavy atom. The molecular formula is C38H69NO3. The van der Waals surface area contributed by atoms with Crippen molar-refractivity contribution in [1.29, 1.82) is 0 Å². The van der Waals surface area contributed by atoms with Gasteiger partial charge in [-0.2, -0.15) is 0 Å². The van der Waals surface area contributed by atoms with Gasteiger partial charge in [0.2, 0.25) is 5.91 Å². The Morgan fingerprint density at radius 3 is 1.45 bits per heavy atom. The minimum atomic E-state index is -0.872. The molecule has 0 saturated heterocycles. The summed E-state index contributed by atoms with van der Waals surface area (Å²) in [5.41, 5.74) is 0. The third kappa shape index (κ3) is 29.8. The van der Waals surface area contributed by atoms with Crippen LogP contribution in [0.25, 0.3) is 0 Å². The van der Waals surface area contributed by atoms with Crippen LogP contribution in [0.1, 0.15) is 168 Å². The number of aliphatic hydroxyl groups is 2. The highest BCUT2D eigenvalue weighted by molar-refractivity contribution is 5.76. The number of carbonyl (C=O) groups excluding carboxylic acids is 1. The zero-order valence-corrected chi connectivity index (χ0v) is 27.8. The smallest absolute Gasteiger partial charge is 0.220 e. The zero-order chi connectivity index (χ0) is 30.8. The molecular weight excluding hydrogens is 518 g/mol. The van der Waals surface area contributed by atoms with E-state index in [1.807, 2.05) is 6.08 Å². The summed E-state index contributed by atoms with van der Waals surface area (Å²) >= 11 is 0. The molecule has 0 aliphatic carbocycles. The van der Waals surface area contributed by atoms with Gasteiger partial charge in [0.25, 0.3) is 0 Å². The molecule has 4 heteroatoms. The van der Waals surface area contributed by atoms with E-state index in [0.717, 1.165) is 51.4 Å². The lowest BCUT2D eigenvalue weighted by atomic mass is 10.1. The topological polar surface area (TPSA) is 69.6 Å². The maximum atomic E-state index is 12.2. The second-order valence-corrected chi connectivity index (χ2v) is 11.9. The van der Waals surface area contributed by atoms with Crippen LogP contribution in [-0.4, -0.2) is 34.9 Å². The van der Waals surface area contributed by atoms with Crippen molar-refractivity contribution in [3.63, 3.8) is 0 Å². The fourth-order valence-corrected chi connectivity index (χ4v) is 4.95. The SMILES string of the molecule is CCCC/C=C\CCCCCCC(=O)NC(CO)C(O)/C=C/CC/C=C/CC/C=C/CCCCCCCCCCCC. The lowest BCUT2D eigenvalue weighted by Gasteiger charge is -2.19. The average molecular weight is 588 g/mol. The fourth-order valence-electron chi connectivity index (χ4n) is 4.95. The monoisotopic (exact) mass is 588 g/mol. The molecule has 2 unspecified atom stereocenters. The highest BCUT2D eigenvalue weighted by Crippen LogP contribution is 2.12. The van der Waals surface area contributed by atoms with E-state index < -0.39 is 12.1 Å². The van der Waals surface area contributed by atoms with Gasteiger partial charge < -0.3 is 15.5 Å². The molecule has 0 radical (unpaired) electrons. The molecule has 244 valence electrons. The highest BCUT2D eigenvalue weighted by Gasteiger charge is 2.17. The van der Waals surface area contributed by atoms with Crippen LogP contribution in [0.15, 0.2) is 48.6 Å². The second-order valence-electron chi connectivity index (χ2n) is 11.9. The van der Waals surface area contributed by atoms with E-state index in [0.29, 0.717) is 6.42 Å². The summed E-state index contributed by atoms with van der Waals surface area (Å²) in [4.78, 5) is 12.2. The highest BCUT2D eigenvalue weighted by atomic mass is 16.3. The molecule has 0 heterocycles. The summed E-state index contributed by atoms with van der Waals surface area (Å²) in [6.07, 6.45) is 44.9. The lowest BCUT2D eigenvalue weighted by Crippen LogP contribution is -2.45. The molecule has 3 N–H and O–H groups in total. The van der Waals surface area contributed by atoms with Crippen molar-refractivity contribution >= 4 is 5.91 Å². The Labute approximate surface area is 261 Å². The number of amides is 1. The molecule has 0 bridgehead atoms. The van der Waals surface area contributed by atoms with E-state index in [1.165, 1.54) is 96.3 Å². The molecule has 0 fully saturated rings. The van der Waals surface area contributed by atoms with Gasteiger partial charge in [0.1, 0.15) is 0 Å². The van der Waals surface area contributed by atoms with Gasteiger partial charge in [-0.1, -0.05) is 146 Å². The van der Waals surface area contributed by atoms with Crippen LogP contribution in [0, 0.1) is 0 Å². The van der Waals surface area contributed by atoms with Gasteiger partial charge in [0.15, 0.2) is 0 Å². The summed E-state index contributed by atoms with van der Waals surface area (Å²) in [6.45, 7) is 4.22. The van der Waals surface area contributed by atoms with Gasteiger partial charge in [-0.15, -0.1) is 0 Å². The molecule has 42 heavy (non-hydrogen) atoms. The van der Waals surface area contributed by atoms with Crippen molar-refractivity contribution in [3.05, 3.63) is 48.6 Å². The van der Waals surface area contributed by atoms with Crippen molar-refractivity contribution in [2.45, 2.75) is 180 Å². The number of aliphatic hydroxyl groups excluding tert-OH is 2. The molecule has 2 atom stereocenters. The summed E-state index contributed by atoms with van der Waals surface area (Å²) in [7, 11) is 0. The van der Waals surface area contributed by atoms with Crippen LogP contribution in [0.5, 0.6) is 0 Å². The number of allylic oxidation sites excluding steroid dienone is 7. The van der Waals surface area contributed by atoms with Gasteiger partial charge in [-0.05, 0) is 64.2 Å². The molecule has 0 saturated carbocycles. The zero-order valence-electron chi connectivity index (χ0n) is 27.8. The Bertz CT molecular complexity index is 682. The lowest BCUT2D eigenvalue weighted by molar-refractivity contribution is -0.123. The number of hydrogen-bond donors (Lipinski definition) is 3. The van der Waals surface area contributed by atoms with Crippen molar-refractivity contribution in [1.82, 2.24) is 5.32 Å². The molecule has 4 nitrogen and oxygen atoms in total. The largest absolute Gasteiger partial charge is 0.394 e. The van der Waals surface area contributed by atoms with Gasteiger partial charge in [0.05, 0.1) is 18.8 Å². The third-order valence-corrected chi connectivity index (χ3v) is 7.76. The van der Waals surface area contributed by atoms with E-state index in [1.54, 1.807) is 6.08 Å². The standard InChI is InChI=1S/C38H69NO3/c1-3-5-7-9-11-13-15-16-17-18-19-20-21-22-23-24-25-27-29-31-33-37(41)36(35-40)39-38(42)34-32-30-28-26-14-12-10-8-6-4-2/h10,12,20-21,24-25,31,33,36-37,40-41H,3-9,11,13-19,22-23,26-30,32,34-35H2,1-2H3,(H,39,42)/b12-10-,21-20+,25-24+,33-31+. The van der Waals surface area contributed by atoms with Crippen molar-refractivity contribution in [2.24, 2.45) is 0 Å². The van der Waals surface area contributed by atoms with Gasteiger partial charge in [-0.3, -0.25) is 4.79 Å². The molecule has 0 aliphatic heterocycles. The van der Waals surface area contributed by atoms with E-state index >= 15 is 0 Å². The average Bonchev–Trinajstić information content (AvgIpc) is 2.99. The number of hydrogen-bond acceptors (Lipinski definition) is 3. The van der Waals surface area contributed by atoms with Crippen LogP contribution in [-0.2, 0) is 4.79 Å². The minimum Gasteiger partial charge on any atom is -0.394 e. The van der Waals surface area contributed by atoms with Gasteiger partial charge in [-0.25, -0.2) is 0 Å². The molecule has 0 spiro atoms. The van der Waals surface area contributed by atoms with Crippen LogP contribution in [0.4, 0.5) is 0 Å². The first-order chi connectivity index (χ1) is 20.7. The van der Waals surface area contributed by atoms with Crippen LogP contribution in [0.3, 0.4) is 0 Å². The van der Waals surface area contributed by atoms with Gasteiger partial charge in [0, 0.05) is 6.42 Å². The minimum absolute atomic E-state index is 0.0959. The van der Waals surface area contributed by atoms with E-state index in [2.05, 4.69) is 55.6 Å². The predicted octanol–water partition coefficient (Wildman–Crippen LogP) is 10.5. The molecule has 0 aromatic rings. The van der Waals surface area contributed by atoms with Crippen molar-refractivity contribution in [2.75, 3.05) is 6.61 Å². The molecule has 0 aromatic carbocycles. The third-order valence-electron chi connectivity index (χ3n) is 7.76. The Morgan fingerprint density at radius 1 is 0.548 bits per heavy atom. The molecule has 0 aromatic heterocycles. The Balaban J connectivity index is 3.72. The normalized spacial score (nSPS) is 13.7. The first-order valence-corrected chi connectivity index (χ1v) is 17.9. The first-order valence-electron chi connectivity index (χ1n) is 17.9. The van der Waals surface area contributed by atoms with Crippen LogP contribution in [0.2, 0.25) is 0 Å². The molecule has 0 aliphatic rings. The number of carbonyl (C=O) groups is 1. The summed E-state index contributed by atoms with van der Waals surface area (Å²) in [5.74, 6) is -0.0959. The van der Waals surface area contributed by atoms with Crippen molar-refractivity contribution < 1.29 is 15.0 Å². The van der Waals surface area contributed by atoms with Crippen LogP contribution >= 0.6 is 0 Å².